The highest BCUT2D eigenvalue weighted by Crippen LogP contribution is 2.02. The highest BCUT2D eigenvalue weighted by Gasteiger charge is 2.24. The molecule has 1 aliphatic rings. The number of hydrogen-bond acceptors (Lipinski definition) is 2. The Morgan fingerprint density at radius 3 is 2.89 bits per heavy atom. The van der Waals surface area contributed by atoms with Gasteiger partial charge in [0.15, 0.2) is 0 Å². The minimum Gasteiger partial charge on any atom is -0.312 e. The summed E-state index contributed by atoms with van der Waals surface area (Å²) >= 11 is 0. The van der Waals surface area contributed by atoms with Crippen LogP contribution in [0.5, 0.6) is 0 Å². The SMILES string of the molecule is CCNC1CNCC1F. The first-order valence-corrected chi connectivity index (χ1v) is 3.42. The molecule has 1 saturated heterocycles. The Labute approximate surface area is 54.8 Å². The van der Waals surface area contributed by atoms with Crippen molar-refractivity contribution in [1.29, 1.82) is 0 Å². The molecule has 1 heterocycles. The van der Waals surface area contributed by atoms with Crippen LogP contribution in [0.25, 0.3) is 0 Å². The molecular weight excluding hydrogens is 119 g/mol. The summed E-state index contributed by atoms with van der Waals surface area (Å²) in [5.74, 6) is 0. The molecule has 0 bridgehead atoms. The Morgan fingerprint density at radius 1 is 1.67 bits per heavy atom. The molecule has 3 heteroatoms. The Morgan fingerprint density at radius 2 is 2.44 bits per heavy atom. The van der Waals surface area contributed by atoms with Crippen molar-refractivity contribution in [1.82, 2.24) is 10.6 Å². The van der Waals surface area contributed by atoms with Crippen LogP contribution in [0.1, 0.15) is 6.92 Å². The maximum Gasteiger partial charge on any atom is 0.129 e. The topological polar surface area (TPSA) is 24.1 Å². The lowest BCUT2D eigenvalue weighted by Gasteiger charge is -2.10. The van der Waals surface area contributed by atoms with Crippen LogP contribution in [0.3, 0.4) is 0 Å². The number of alkyl halides is 1. The molecule has 2 N–H and O–H groups in total. The van der Waals surface area contributed by atoms with E-state index in [1.807, 2.05) is 6.92 Å². The third kappa shape index (κ3) is 1.63. The minimum absolute atomic E-state index is 0.0509. The van der Waals surface area contributed by atoms with Crippen LogP contribution in [0, 0.1) is 0 Å². The van der Waals surface area contributed by atoms with Gasteiger partial charge in [0.2, 0.25) is 0 Å². The van der Waals surface area contributed by atoms with Crippen molar-refractivity contribution in [2.45, 2.75) is 19.1 Å². The van der Waals surface area contributed by atoms with E-state index >= 15 is 0 Å². The number of likely N-dealkylation sites (N-methyl/N-ethyl adjacent to an activating group) is 1. The zero-order valence-electron chi connectivity index (χ0n) is 5.65. The zero-order chi connectivity index (χ0) is 6.69. The lowest BCUT2D eigenvalue weighted by atomic mass is 10.2. The van der Waals surface area contributed by atoms with Crippen molar-refractivity contribution >= 4 is 0 Å². The average Bonchev–Trinajstić information content (AvgIpc) is 2.18. The van der Waals surface area contributed by atoms with E-state index < -0.39 is 6.17 Å². The molecule has 1 fully saturated rings. The third-order valence-corrected chi connectivity index (χ3v) is 1.61. The molecule has 2 nitrogen and oxygen atoms in total. The summed E-state index contributed by atoms with van der Waals surface area (Å²) in [6.07, 6.45) is -0.690. The van der Waals surface area contributed by atoms with E-state index in [4.69, 9.17) is 0 Å². The first-order chi connectivity index (χ1) is 4.34. The van der Waals surface area contributed by atoms with Crippen LogP contribution in [0.2, 0.25) is 0 Å². The lowest BCUT2D eigenvalue weighted by molar-refractivity contribution is 0.302. The van der Waals surface area contributed by atoms with Crippen LogP contribution >= 0.6 is 0 Å². The number of hydrogen-bond donors (Lipinski definition) is 2. The first kappa shape index (κ1) is 6.96. The summed E-state index contributed by atoms with van der Waals surface area (Å²) in [4.78, 5) is 0. The van der Waals surface area contributed by atoms with Gasteiger partial charge >= 0.3 is 0 Å². The second-order valence-electron chi connectivity index (χ2n) is 2.34. The fourth-order valence-electron chi connectivity index (χ4n) is 1.11. The van der Waals surface area contributed by atoms with Gasteiger partial charge in [-0.2, -0.15) is 0 Å². The second-order valence-corrected chi connectivity index (χ2v) is 2.34. The fourth-order valence-corrected chi connectivity index (χ4v) is 1.11. The Bertz CT molecular complexity index is 87.1. The van der Waals surface area contributed by atoms with Gasteiger partial charge in [-0.1, -0.05) is 6.92 Å². The molecule has 0 radical (unpaired) electrons. The Balaban J connectivity index is 2.22. The predicted molar refractivity (Wildman–Crippen MR) is 35.2 cm³/mol. The van der Waals surface area contributed by atoms with Gasteiger partial charge in [-0.25, -0.2) is 4.39 Å². The summed E-state index contributed by atoms with van der Waals surface area (Å²) in [6.45, 7) is 4.13. The first-order valence-electron chi connectivity index (χ1n) is 3.42. The quantitative estimate of drug-likeness (QED) is 0.548. The van der Waals surface area contributed by atoms with Crippen molar-refractivity contribution in [3.63, 3.8) is 0 Å². The van der Waals surface area contributed by atoms with Crippen molar-refractivity contribution < 1.29 is 4.39 Å². The van der Waals surface area contributed by atoms with Crippen LogP contribution in [-0.4, -0.2) is 31.8 Å². The predicted octanol–water partition coefficient (Wildman–Crippen LogP) is -0.0942. The molecule has 54 valence electrons. The molecule has 0 aromatic carbocycles. The highest BCUT2D eigenvalue weighted by atomic mass is 19.1. The molecule has 9 heavy (non-hydrogen) atoms. The summed E-state index contributed by atoms with van der Waals surface area (Å²) in [6, 6.07) is 0.0509. The average molecular weight is 132 g/mol. The zero-order valence-corrected chi connectivity index (χ0v) is 5.65. The normalized spacial score (nSPS) is 35.3. The summed E-state index contributed by atoms with van der Waals surface area (Å²) in [5, 5.41) is 6.03. The largest absolute Gasteiger partial charge is 0.312 e. The summed E-state index contributed by atoms with van der Waals surface area (Å²) in [5.41, 5.74) is 0. The van der Waals surface area contributed by atoms with Crippen molar-refractivity contribution in [2.75, 3.05) is 19.6 Å². The molecule has 0 aliphatic carbocycles. The third-order valence-electron chi connectivity index (χ3n) is 1.61. The molecule has 0 aromatic heterocycles. The van der Waals surface area contributed by atoms with Gasteiger partial charge in [0.05, 0.1) is 6.04 Å². The van der Waals surface area contributed by atoms with E-state index in [1.54, 1.807) is 0 Å². The minimum atomic E-state index is -0.690. The lowest BCUT2D eigenvalue weighted by Crippen LogP contribution is -2.36. The second kappa shape index (κ2) is 3.13. The Kier molecular flexibility index (Phi) is 2.42. The maximum atomic E-state index is 12.7. The van der Waals surface area contributed by atoms with Crippen LogP contribution in [0.4, 0.5) is 4.39 Å². The number of rotatable bonds is 2. The molecule has 2 unspecified atom stereocenters. The van der Waals surface area contributed by atoms with Crippen LogP contribution in [-0.2, 0) is 0 Å². The van der Waals surface area contributed by atoms with E-state index in [0.29, 0.717) is 6.54 Å². The van der Waals surface area contributed by atoms with E-state index in [9.17, 15) is 4.39 Å². The molecule has 2 atom stereocenters. The summed E-state index contributed by atoms with van der Waals surface area (Å²) in [7, 11) is 0. The fraction of sp³-hybridized carbons (Fsp3) is 1.00. The molecule has 0 spiro atoms. The Hall–Kier alpha value is -0.150. The van der Waals surface area contributed by atoms with Gasteiger partial charge < -0.3 is 10.6 Å². The van der Waals surface area contributed by atoms with Gasteiger partial charge in [-0.15, -0.1) is 0 Å². The molecule has 0 amide bonds. The van der Waals surface area contributed by atoms with Gasteiger partial charge in [0.25, 0.3) is 0 Å². The summed E-state index contributed by atoms with van der Waals surface area (Å²) < 4.78 is 12.7. The van der Waals surface area contributed by atoms with Gasteiger partial charge in [-0.05, 0) is 6.54 Å². The van der Waals surface area contributed by atoms with Gasteiger partial charge in [0, 0.05) is 13.1 Å². The molecule has 1 rings (SSSR count). The monoisotopic (exact) mass is 132 g/mol. The molecule has 0 saturated carbocycles. The van der Waals surface area contributed by atoms with E-state index in [-0.39, 0.29) is 6.04 Å². The van der Waals surface area contributed by atoms with E-state index in [1.165, 1.54) is 0 Å². The van der Waals surface area contributed by atoms with Crippen LogP contribution < -0.4 is 10.6 Å². The smallest absolute Gasteiger partial charge is 0.129 e. The van der Waals surface area contributed by atoms with Crippen molar-refractivity contribution in [3.05, 3.63) is 0 Å². The van der Waals surface area contributed by atoms with Gasteiger partial charge in [-0.3, -0.25) is 0 Å². The maximum absolute atomic E-state index is 12.7. The molecule has 1 aliphatic heterocycles. The highest BCUT2D eigenvalue weighted by molar-refractivity contribution is 4.85. The van der Waals surface area contributed by atoms with Gasteiger partial charge in [0.1, 0.15) is 6.17 Å². The van der Waals surface area contributed by atoms with Crippen molar-refractivity contribution in [2.24, 2.45) is 0 Å². The standard InChI is InChI=1S/C6H13FN2/c1-2-9-6-4-8-3-5(6)7/h5-6,8-9H,2-4H2,1H3. The molecular formula is C6H13FN2. The number of halogens is 1. The van der Waals surface area contributed by atoms with Crippen molar-refractivity contribution in [3.8, 4) is 0 Å². The number of nitrogens with one attached hydrogen (secondary N) is 2. The van der Waals surface area contributed by atoms with Crippen LogP contribution in [0.15, 0.2) is 0 Å². The molecule has 0 aromatic rings. The van der Waals surface area contributed by atoms with E-state index in [0.717, 1.165) is 13.1 Å². The van der Waals surface area contributed by atoms with E-state index in [2.05, 4.69) is 10.6 Å².